The maximum Gasteiger partial charge on any atom is 0.262 e. The van der Waals surface area contributed by atoms with Crippen molar-refractivity contribution < 1.29 is 14.3 Å². The minimum Gasteiger partial charge on any atom is -0.482 e. The van der Waals surface area contributed by atoms with E-state index < -0.39 is 0 Å². The lowest BCUT2D eigenvalue weighted by molar-refractivity contribution is -0.119. The van der Waals surface area contributed by atoms with Gasteiger partial charge in [-0.05, 0) is 37.6 Å². The molecule has 2 N–H and O–H groups in total. The molecular weight excluding hydrogens is 318 g/mol. The summed E-state index contributed by atoms with van der Waals surface area (Å²) in [5.74, 6) is 0.522. The van der Waals surface area contributed by atoms with Crippen molar-refractivity contribution in [3.8, 4) is 5.75 Å². The van der Waals surface area contributed by atoms with E-state index >= 15 is 0 Å². The topological polar surface area (TPSA) is 70.7 Å². The van der Waals surface area contributed by atoms with Gasteiger partial charge in [-0.25, -0.2) is 0 Å². The number of aryl methyl sites for hydroxylation is 1. The van der Waals surface area contributed by atoms with Crippen molar-refractivity contribution in [2.45, 2.75) is 19.4 Å². The summed E-state index contributed by atoms with van der Waals surface area (Å²) in [5, 5.41) is 6.03. The van der Waals surface area contributed by atoms with E-state index in [1.54, 1.807) is 6.07 Å². The minimum atomic E-state index is -0.266. The predicted molar refractivity (Wildman–Crippen MR) is 96.1 cm³/mol. The van der Waals surface area contributed by atoms with Gasteiger partial charge in [0.05, 0.1) is 5.69 Å². The number of nitrogens with one attached hydrogen (secondary N) is 2. The van der Waals surface area contributed by atoms with E-state index in [0.29, 0.717) is 18.0 Å². The molecule has 1 atom stereocenters. The molecule has 6 heteroatoms. The van der Waals surface area contributed by atoms with Crippen LogP contribution in [0.15, 0.2) is 42.5 Å². The third kappa shape index (κ3) is 3.03. The third-order valence-corrected chi connectivity index (χ3v) is 4.51. The number of hydrogen-bond acceptors (Lipinski definition) is 4. The standard InChI is InChI=1S/C19H19N3O3/c1-12-2-5-14(6-3-12)22-9-8-16(19(22)24)20-13-4-7-15-17(10-13)25-11-18(23)21-15/h2-7,10,16,20H,8-9,11H2,1H3,(H,21,23). The Bertz CT molecular complexity index is 832. The summed E-state index contributed by atoms with van der Waals surface area (Å²) < 4.78 is 5.42. The quantitative estimate of drug-likeness (QED) is 0.903. The summed E-state index contributed by atoms with van der Waals surface area (Å²) in [6.45, 7) is 2.73. The summed E-state index contributed by atoms with van der Waals surface area (Å²) >= 11 is 0. The molecule has 0 aromatic heterocycles. The van der Waals surface area contributed by atoms with Crippen LogP contribution in [0.3, 0.4) is 0 Å². The molecule has 1 fully saturated rings. The molecule has 2 amide bonds. The second-order valence-corrected chi connectivity index (χ2v) is 6.36. The lowest BCUT2D eigenvalue weighted by atomic mass is 10.2. The van der Waals surface area contributed by atoms with Crippen molar-refractivity contribution in [3.63, 3.8) is 0 Å². The molecule has 0 spiro atoms. The van der Waals surface area contributed by atoms with Crippen LogP contribution in [0, 0.1) is 6.92 Å². The van der Waals surface area contributed by atoms with Crippen molar-refractivity contribution >= 4 is 28.9 Å². The number of rotatable bonds is 3. The molecule has 25 heavy (non-hydrogen) atoms. The zero-order valence-electron chi connectivity index (χ0n) is 13.9. The molecule has 2 aliphatic rings. The Morgan fingerprint density at radius 3 is 2.76 bits per heavy atom. The molecule has 2 aliphatic heterocycles. The predicted octanol–water partition coefficient (Wildman–Crippen LogP) is 2.54. The second kappa shape index (κ2) is 6.12. The van der Waals surface area contributed by atoms with E-state index in [2.05, 4.69) is 10.6 Å². The largest absolute Gasteiger partial charge is 0.482 e. The molecule has 0 saturated carbocycles. The van der Waals surface area contributed by atoms with Crippen LogP contribution in [-0.4, -0.2) is 31.0 Å². The molecule has 2 heterocycles. The number of anilines is 3. The lowest BCUT2D eigenvalue weighted by Crippen LogP contribution is -2.33. The Morgan fingerprint density at radius 1 is 1.16 bits per heavy atom. The monoisotopic (exact) mass is 337 g/mol. The Labute approximate surface area is 145 Å². The van der Waals surface area contributed by atoms with Crippen LogP contribution in [0.2, 0.25) is 0 Å². The zero-order chi connectivity index (χ0) is 17.4. The van der Waals surface area contributed by atoms with Gasteiger partial charge in [-0.15, -0.1) is 0 Å². The number of amides is 2. The number of benzene rings is 2. The van der Waals surface area contributed by atoms with E-state index in [0.717, 1.165) is 17.8 Å². The molecule has 0 radical (unpaired) electrons. The number of fused-ring (bicyclic) bond motifs is 1. The highest BCUT2D eigenvalue weighted by atomic mass is 16.5. The Balaban J connectivity index is 1.48. The Hall–Kier alpha value is -3.02. The van der Waals surface area contributed by atoms with Gasteiger partial charge < -0.3 is 20.3 Å². The van der Waals surface area contributed by atoms with Gasteiger partial charge in [0.1, 0.15) is 11.8 Å². The van der Waals surface area contributed by atoms with Crippen LogP contribution >= 0.6 is 0 Å². The molecule has 2 aromatic carbocycles. The highest BCUT2D eigenvalue weighted by Crippen LogP contribution is 2.32. The van der Waals surface area contributed by atoms with Crippen LogP contribution < -0.4 is 20.3 Å². The molecule has 0 aliphatic carbocycles. The maximum atomic E-state index is 12.7. The van der Waals surface area contributed by atoms with Gasteiger partial charge in [0.15, 0.2) is 6.61 Å². The van der Waals surface area contributed by atoms with Gasteiger partial charge in [-0.3, -0.25) is 9.59 Å². The average Bonchev–Trinajstić information content (AvgIpc) is 2.96. The SMILES string of the molecule is Cc1ccc(N2CCC(Nc3ccc4c(c3)OCC(=O)N4)C2=O)cc1. The van der Waals surface area contributed by atoms with Crippen molar-refractivity contribution in [1.29, 1.82) is 0 Å². The first-order chi connectivity index (χ1) is 12.1. The van der Waals surface area contributed by atoms with Crippen LogP contribution in [0.25, 0.3) is 0 Å². The van der Waals surface area contributed by atoms with Gasteiger partial charge in [-0.2, -0.15) is 0 Å². The fourth-order valence-electron chi connectivity index (χ4n) is 3.16. The Kier molecular flexibility index (Phi) is 3.80. The van der Waals surface area contributed by atoms with E-state index in [4.69, 9.17) is 4.74 Å². The summed E-state index contributed by atoms with van der Waals surface area (Å²) in [5.41, 5.74) is 3.56. The molecule has 128 valence electrons. The summed E-state index contributed by atoms with van der Waals surface area (Å²) in [6.07, 6.45) is 0.737. The number of ether oxygens (including phenoxy) is 1. The highest BCUT2D eigenvalue weighted by molar-refractivity contribution is 6.01. The van der Waals surface area contributed by atoms with Gasteiger partial charge in [0, 0.05) is 24.0 Å². The van der Waals surface area contributed by atoms with E-state index in [9.17, 15) is 9.59 Å². The van der Waals surface area contributed by atoms with Crippen LogP contribution in [0.5, 0.6) is 5.75 Å². The molecule has 1 unspecified atom stereocenters. The maximum absolute atomic E-state index is 12.7. The fraction of sp³-hybridized carbons (Fsp3) is 0.263. The first kappa shape index (κ1) is 15.5. The lowest BCUT2D eigenvalue weighted by Gasteiger charge is -2.20. The second-order valence-electron chi connectivity index (χ2n) is 6.36. The third-order valence-electron chi connectivity index (χ3n) is 4.51. The first-order valence-electron chi connectivity index (χ1n) is 8.31. The van der Waals surface area contributed by atoms with Gasteiger partial charge in [0.25, 0.3) is 5.91 Å². The van der Waals surface area contributed by atoms with Gasteiger partial charge >= 0.3 is 0 Å². The molecule has 4 rings (SSSR count). The Morgan fingerprint density at radius 2 is 1.96 bits per heavy atom. The number of carbonyl (C=O) groups is 2. The average molecular weight is 337 g/mol. The molecule has 6 nitrogen and oxygen atoms in total. The van der Waals surface area contributed by atoms with E-state index in [1.807, 2.05) is 48.2 Å². The van der Waals surface area contributed by atoms with Crippen LogP contribution in [0.4, 0.5) is 17.1 Å². The van der Waals surface area contributed by atoms with Crippen LogP contribution in [0.1, 0.15) is 12.0 Å². The van der Waals surface area contributed by atoms with Crippen molar-refractivity contribution in [3.05, 3.63) is 48.0 Å². The summed E-state index contributed by atoms with van der Waals surface area (Å²) in [7, 11) is 0. The number of nitrogens with zero attached hydrogens (tertiary/aromatic N) is 1. The number of carbonyl (C=O) groups excluding carboxylic acids is 2. The normalized spacial score (nSPS) is 19.2. The molecule has 0 bridgehead atoms. The molecule has 1 saturated heterocycles. The van der Waals surface area contributed by atoms with Crippen molar-refractivity contribution in [1.82, 2.24) is 0 Å². The highest BCUT2D eigenvalue weighted by Gasteiger charge is 2.32. The molecular formula is C19H19N3O3. The van der Waals surface area contributed by atoms with Crippen LogP contribution in [-0.2, 0) is 9.59 Å². The summed E-state index contributed by atoms with van der Waals surface area (Å²) in [6, 6.07) is 13.2. The van der Waals surface area contributed by atoms with Crippen molar-refractivity contribution in [2.75, 3.05) is 28.7 Å². The van der Waals surface area contributed by atoms with E-state index in [-0.39, 0.29) is 24.5 Å². The molecule has 2 aromatic rings. The first-order valence-corrected chi connectivity index (χ1v) is 8.31. The fourth-order valence-corrected chi connectivity index (χ4v) is 3.16. The van der Waals surface area contributed by atoms with Crippen molar-refractivity contribution in [2.24, 2.45) is 0 Å². The summed E-state index contributed by atoms with van der Waals surface area (Å²) in [4.78, 5) is 25.8. The van der Waals surface area contributed by atoms with Gasteiger partial charge in [-0.1, -0.05) is 17.7 Å². The smallest absolute Gasteiger partial charge is 0.262 e. The van der Waals surface area contributed by atoms with E-state index in [1.165, 1.54) is 5.56 Å². The number of hydrogen-bond donors (Lipinski definition) is 2. The van der Waals surface area contributed by atoms with Gasteiger partial charge in [0.2, 0.25) is 5.91 Å². The zero-order valence-corrected chi connectivity index (χ0v) is 13.9. The minimum absolute atomic E-state index is 0.0139.